The fraction of sp³-hybridized carbons (Fsp3) is 0.600. The molecule has 8 atom stereocenters. The molecule has 3 aliphatic carbocycles. The van der Waals surface area contributed by atoms with Crippen molar-refractivity contribution in [3.63, 3.8) is 0 Å². The van der Waals surface area contributed by atoms with Crippen molar-refractivity contribution >= 4 is 11.8 Å². The quantitative estimate of drug-likeness (QED) is 0.343. The molecule has 1 N–H and O–H groups in total. The van der Waals surface area contributed by atoms with Crippen molar-refractivity contribution in [3.05, 3.63) is 77.0 Å². The Morgan fingerprint density at radius 1 is 1.23 bits per heavy atom. The van der Waals surface area contributed by atoms with Crippen LogP contribution in [0.25, 0.3) is 0 Å². The van der Waals surface area contributed by atoms with E-state index in [-0.39, 0.29) is 34.5 Å². The predicted molar refractivity (Wildman–Crippen MR) is 166 cm³/mol. The highest BCUT2D eigenvalue weighted by atomic mass is 16.5. The third-order valence-electron chi connectivity index (χ3n) is 11.7. The molecule has 232 valence electrons. The lowest BCUT2D eigenvalue weighted by Crippen LogP contribution is -2.63. The summed E-state index contributed by atoms with van der Waals surface area (Å²) < 4.78 is 7.82. The number of aliphatic hydroxyl groups is 1. The highest BCUT2D eigenvalue weighted by Gasteiger charge is 2.68. The van der Waals surface area contributed by atoms with Gasteiger partial charge in [0.05, 0.1) is 6.10 Å². The number of aryl methyl sites for hydroxylation is 1. The Morgan fingerprint density at radius 2 is 2.00 bits per heavy atom. The Labute approximate surface area is 255 Å². The van der Waals surface area contributed by atoms with Crippen LogP contribution in [0.15, 0.2) is 60.3 Å². The third kappa shape index (κ3) is 5.15. The number of Topliss-reactive ketones (excluding diaryl/α,β-unsaturated/α-hetero) is 1. The van der Waals surface area contributed by atoms with Crippen LogP contribution in [-0.4, -0.2) is 52.3 Å². The lowest BCUT2D eigenvalue weighted by atomic mass is 9.44. The predicted octanol–water partition coefficient (Wildman–Crippen LogP) is 4.96. The van der Waals surface area contributed by atoms with E-state index in [0.717, 1.165) is 37.7 Å². The van der Waals surface area contributed by atoms with Gasteiger partial charge < -0.3 is 14.9 Å². The molecule has 0 aliphatic heterocycles. The Balaban J connectivity index is 1.44. The van der Waals surface area contributed by atoms with Crippen LogP contribution in [0.2, 0.25) is 0 Å². The number of nitrogens with zero attached hydrogens (tertiary/aromatic N) is 3. The zero-order valence-corrected chi connectivity index (χ0v) is 26.3. The maximum absolute atomic E-state index is 13.9. The molecule has 43 heavy (non-hydrogen) atoms. The topological polar surface area (TPSA) is 102 Å². The highest BCUT2D eigenvalue weighted by Crippen LogP contribution is 2.68. The molecule has 3 saturated carbocycles. The normalized spacial score (nSPS) is 35.4. The number of hydrogen-bond acceptors (Lipinski definition) is 7. The van der Waals surface area contributed by atoms with Gasteiger partial charge in [0, 0.05) is 55.4 Å². The van der Waals surface area contributed by atoms with E-state index in [0.29, 0.717) is 19.4 Å². The summed E-state index contributed by atoms with van der Waals surface area (Å²) in [4.78, 5) is 45.3. The van der Waals surface area contributed by atoms with Crippen LogP contribution in [0, 0.1) is 34.0 Å². The average molecular weight is 590 g/mol. The van der Waals surface area contributed by atoms with E-state index in [1.54, 1.807) is 29.5 Å². The van der Waals surface area contributed by atoms with Crippen LogP contribution in [0.5, 0.6) is 0 Å². The molecule has 3 fully saturated rings. The van der Waals surface area contributed by atoms with Gasteiger partial charge in [-0.05, 0) is 79.5 Å². The minimum atomic E-state index is -0.744. The molecular weight excluding hydrogens is 542 g/mol. The second-order valence-corrected chi connectivity index (χ2v) is 13.9. The minimum Gasteiger partial charge on any atom is -0.458 e. The molecule has 3 aliphatic rings. The van der Waals surface area contributed by atoms with Crippen molar-refractivity contribution in [2.45, 2.75) is 84.8 Å². The van der Waals surface area contributed by atoms with Crippen molar-refractivity contribution < 1.29 is 19.4 Å². The number of rotatable bonds is 8. The van der Waals surface area contributed by atoms with Gasteiger partial charge in [-0.3, -0.25) is 14.6 Å². The molecule has 2 unspecified atom stereocenters. The largest absolute Gasteiger partial charge is 0.458 e. The molecule has 2 heterocycles. The lowest BCUT2D eigenvalue weighted by Gasteiger charge is -2.61. The van der Waals surface area contributed by atoms with Gasteiger partial charge in [-0.2, -0.15) is 0 Å². The Bertz CT molecular complexity index is 1420. The molecule has 8 nitrogen and oxygen atoms in total. The zero-order chi connectivity index (χ0) is 31.2. The molecule has 0 radical (unpaired) electrons. The van der Waals surface area contributed by atoms with Gasteiger partial charge in [0.1, 0.15) is 17.5 Å². The van der Waals surface area contributed by atoms with Crippen molar-refractivity contribution in [3.8, 4) is 0 Å². The van der Waals surface area contributed by atoms with Gasteiger partial charge in [0.15, 0.2) is 0 Å². The van der Waals surface area contributed by atoms with E-state index in [1.165, 1.54) is 10.7 Å². The second-order valence-electron chi connectivity index (χ2n) is 13.9. The number of aromatic nitrogens is 2. The maximum atomic E-state index is 13.9. The second kappa shape index (κ2) is 11.7. The number of aliphatic hydroxyl groups excluding tert-OH is 1. The number of ketones is 1. The minimum absolute atomic E-state index is 0.0473. The number of esters is 1. The summed E-state index contributed by atoms with van der Waals surface area (Å²) in [6, 6.07) is 7.13. The van der Waals surface area contributed by atoms with Crippen LogP contribution in [-0.2, 0) is 16.0 Å². The molecule has 5 rings (SSSR count). The summed E-state index contributed by atoms with van der Waals surface area (Å²) in [6.07, 6.45) is 10.5. The molecule has 2 aromatic heterocycles. The van der Waals surface area contributed by atoms with E-state index < -0.39 is 34.6 Å². The number of hydrogen-bond donors (Lipinski definition) is 1. The smallest absolute Gasteiger partial charge is 0.344 e. The van der Waals surface area contributed by atoms with Gasteiger partial charge in [0.25, 0.3) is 5.56 Å². The highest BCUT2D eigenvalue weighted by molar-refractivity contribution is 5.89. The van der Waals surface area contributed by atoms with Crippen LogP contribution in [0.1, 0.15) is 82.1 Å². The SMILES string of the molecule is C=C[C@]1(C)C[C@@H](OC(=O)c2cccn(N(C)CCCc3cccnc3)c2=O)[C@]2(C)C(C)CC[C@]3(CCC(=O)C32)[C@@H](C)[C@@H]1O. The van der Waals surface area contributed by atoms with Gasteiger partial charge in [0.2, 0.25) is 0 Å². The van der Waals surface area contributed by atoms with Crippen LogP contribution < -0.4 is 10.6 Å². The lowest BCUT2D eigenvalue weighted by molar-refractivity contribution is -0.192. The summed E-state index contributed by atoms with van der Waals surface area (Å²) in [6.45, 7) is 13.0. The molecule has 0 aromatic carbocycles. The monoisotopic (exact) mass is 589 g/mol. The van der Waals surface area contributed by atoms with Crippen molar-refractivity contribution in [2.24, 2.45) is 34.0 Å². The van der Waals surface area contributed by atoms with Crippen LogP contribution in [0.3, 0.4) is 0 Å². The first-order valence-electron chi connectivity index (χ1n) is 15.8. The van der Waals surface area contributed by atoms with Crippen LogP contribution >= 0.6 is 0 Å². The standard InChI is InChI=1S/C35H47N3O5/c1-7-33(4)21-28(34(5)23(2)14-16-35(24(3)30(33)40)17-15-27(39)29(34)35)43-32(42)26-13-10-20-38(31(26)41)37(6)19-9-12-25-11-8-18-36-22-25/h7-8,10-11,13,18,20,22-24,28-30,40H,1,9,12,14-17,19,21H2,2-6H3/t23?,24-,28+,29?,30-,33+,34-,35-/m0/s1. The number of pyridine rings is 2. The fourth-order valence-corrected chi connectivity index (χ4v) is 8.77. The van der Waals surface area contributed by atoms with Crippen molar-refractivity contribution in [1.29, 1.82) is 0 Å². The van der Waals surface area contributed by atoms with E-state index >= 15 is 0 Å². The average Bonchev–Trinajstić information content (AvgIpc) is 3.35. The summed E-state index contributed by atoms with van der Waals surface area (Å²) in [7, 11) is 1.82. The maximum Gasteiger partial charge on any atom is 0.344 e. The third-order valence-corrected chi connectivity index (χ3v) is 11.7. The van der Waals surface area contributed by atoms with E-state index in [1.807, 2.05) is 32.3 Å². The molecule has 2 aromatic rings. The number of carbonyl (C=O) groups is 2. The molecular formula is C35H47N3O5. The summed E-state index contributed by atoms with van der Waals surface area (Å²) >= 11 is 0. The number of ether oxygens (including phenoxy) is 1. The van der Waals surface area contributed by atoms with E-state index in [9.17, 15) is 19.5 Å². The Morgan fingerprint density at radius 3 is 2.70 bits per heavy atom. The van der Waals surface area contributed by atoms with E-state index in [2.05, 4.69) is 32.3 Å². The van der Waals surface area contributed by atoms with Crippen molar-refractivity contribution in [2.75, 3.05) is 18.6 Å². The van der Waals surface area contributed by atoms with E-state index in [4.69, 9.17) is 4.74 Å². The van der Waals surface area contributed by atoms with Gasteiger partial charge >= 0.3 is 5.97 Å². The van der Waals surface area contributed by atoms with Crippen molar-refractivity contribution in [1.82, 2.24) is 9.66 Å². The molecule has 2 bridgehead atoms. The van der Waals surface area contributed by atoms with Crippen LogP contribution in [0.4, 0.5) is 0 Å². The summed E-state index contributed by atoms with van der Waals surface area (Å²) in [5, 5.41) is 13.6. The number of carbonyl (C=O) groups excluding carboxylic acids is 2. The summed E-state index contributed by atoms with van der Waals surface area (Å²) in [5.74, 6) is -0.811. The molecule has 8 heteroatoms. The molecule has 0 spiro atoms. The zero-order valence-electron chi connectivity index (χ0n) is 26.3. The van der Waals surface area contributed by atoms with Gasteiger partial charge in [-0.15, -0.1) is 6.58 Å². The Hall–Kier alpha value is -3.26. The first-order chi connectivity index (χ1) is 20.4. The summed E-state index contributed by atoms with van der Waals surface area (Å²) in [5.41, 5.74) is -1.11. The molecule has 0 amide bonds. The van der Waals surface area contributed by atoms with Gasteiger partial charge in [-0.25, -0.2) is 9.47 Å². The first kappa shape index (κ1) is 31.2. The fourth-order valence-electron chi connectivity index (χ4n) is 8.77. The first-order valence-corrected chi connectivity index (χ1v) is 15.8. The molecule has 0 saturated heterocycles. The van der Waals surface area contributed by atoms with Gasteiger partial charge in [-0.1, -0.05) is 39.8 Å². The Kier molecular flexibility index (Phi) is 8.47.